The Morgan fingerprint density at radius 3 is 2.79 bits per heavy atom. The van der Waals surface area contributed by atoms with E-state index in [1.807, 2.05) is 18.2 Å². The minimum atomic E-state index is -0.0600. The number of aromatic nitrogens is 3. The summed E-state index contributed by atoms with van der Waals surface area (Å²) in [5, 5.41) is 4.54. The molecule has 0 fully saturated rings. The highest BCUT2D eigenvalue weighted by Crippen LogP contribution is 2.31. The highest BCUT2D eigenvalue weighted by atomic mass is 35.5. The molecule has 6 heteroatoms. The maximum absolute atomic E-state index is 12.3. The number of rotatable bonds is 6. The second-order valence-corrected chi connectivity index (χ2v) is 7.44. The minimum absolute atomic E-state index is 0.0600. The second-order valence-electron chi connectivity index (χ2n) is 7.01. The van der Waals surface area contributed by atoms with Crippen LogP contribution in [0.1, 0.15) is 24.0 Å². The second kappa shape index (κ2) is 8.45. The Kier molecular flexibility index (Phi) is 5.58. The van der Waals surface area contributed by atoms with Crippen molar-refractivity contribution in [1.29, 1.82) is 0 Å². The normalized spacial score (nSPS) is 11.0. The summed E-state index contributed by atoms with van der Waals surface area (Å²) in [6, 6.07) is 15.7. The molecule has 2 N–H and O–H groups in total. The predicted octanol–water partition coefficient (Wildman–Crippen LogP) is 5.55. The molecule has 5 nitrogen and oxygen atoms in total. The van der Waals surface area contributed by atoms with Crippen LogP contribution in [0.15, 0.2) is 60.9 Å². The minimum Gasteiger partial charge on any atom is -0.353 e. The molecule has 3 aromatic heterocycles. The first kappa shape index (κ1) is 19.2. The third-order valence-electron chi connectivity index (χ3n) is 4.81. The average molecular weight is 405 g/mol. The van der Waals surface area contributed by atoms with Gasteiger partial charge in [-0.3, -0.25) is 9.78 Å². The van der Waals surface area contributed by atoms with E-state index in [4.69, 9.17) is 11.6 Å². The van der Waals surface area contributed by atoms with Crippen molar-refractivity contribution >= 4 is 34.2 Å². The number of carbonyl (C=O) groups is 1. The molecule has 0 aliphatic heterocycles. The fraction of sp³-hybridized carbons (Fsp3) is 0.174. The molecule has 0 radical (unpaired) electrons. The largest absolute Gasteiger partial charge is 0.353 e. The van der Waals surface area contributed by atoms with Gasteiger partial charge in [0.2, 0.25) is 5.91 Å². The van der Waals surface area contributed by atoms with Gasteiger partial charge in [0, 0.05) is 29.7 Å². The molecule has 0 spiro atoms. The highest BCUT2D eigenvalue weighted by molar-refractivity contribution is 6.30. The summed E-state index contributed by atoms with van der Waals surface area (Å²) in [7, 11) is 0. The predicted molar refractivity (Wildman–Crippen MR) is 117 cm³/mol. The van der Waals surface area contributed by atoms with E-state index in [-0.39, 0.29) is 5.91 Å². The lowest BCUT2D eigenvalue weighted by atomic mass is 10.0. The number of nitrogens with one attached hydrogen (secondary N) is 2. The van der Waals surface area contributed by atoms with Crippen molar-refractivity contribution < 1.29 is 4.79 Å². The number of hydrogen-bond donors (Lipinski definition) is 2. The van der Waals surface area contributed by atoms with E-state index in [1.54, 1.807) is 18.3 Å². The van der Waals surface area contributed by atoms with Gasteiger partial charge >= 0.3 is 0 Å². The number of halogens is 1. The van der Waals surface area contributed by atoms with Gasteiger partial charge in [-0.15, -0.1) is 0 Å². The molecule has 29 heavy (non-hydrogen) atoms. The number of amides is 1. The Morgan fingerprint density at radius 1 is 1.14 bits per heavy atom. The van der Waals surface area contributed by atoms with Gasteiger partial charge in [0.25, 0.3) is 0 Å². The summed E-state index contributed by atoms with van der Waals surface area (Å²) in [5.74, 6) is 0.450. The third kappa shape index (κ3) is 4.46. The van der Waals surface area contributed by atoms with E-state index >= 15 is 0 Å². The van der Waals surface area contributed by atoms with Crippen molar-refractivity contribution in [3.05, 3.63) is 77.1 Å². The van der Waals surface area contributed by atoms with Crippen LogP contribution in [0, 0.1) is 6.92 Å². The van der Waals surface area contributed by atoms with Crippen LogP contribution in [-0.4, -0.2) is 20.9 Å². The molecular weight excluding hydrogens is 384 g/mol. The fourth-order valence-electron chi connectivity index (χ4n) is 3.43. The first-order chi connectivity index (χ1) is 14.1. The monoisotopic (exact) mass is 404 g/mol. The molecule has 0 saturated carbocycles. The van der Waals surface area contributed by atoms with Crippen molar-refractivity contribution in [3.8, 4) is 11.4 Å². The van der Waals surface area contributed by atoms with Gasteiger partial charge in [0.15, 0.2) is 0 Å². The topological polar surface area (TPSA) is 70.7 Å². The van der Waals surface area contributed by atoms with Crippen LogP contribution in [0.5, 0.6) is 0 Å². The summed E-state index contributed by atoms with van der Waals surface area (Å²) < 4.78 is 0. The average Bonchev–Trinajstić information content (AvgIpc) is 3.08. The Balaban J connectivity index is 1.51. The summed E-state index contributed by atoms with van der Waals surface area (Å²) in [5.41, 5.74) is 5.41. The molecule has 146 valence electrons. The van der Waals surface area contributed by atoms with Crippen molar-refractivity contribution in [2.75, 3.05) is 5.32 Å². The molecule has 0 aliphatic carbocycles. The van der Waals surface area contributed by atoms with Crippen molar-refractivity contribution in [3.63, 3.8) is 0 Å². The van der Waals surface area contributed by atoms with Gasteiger partial charge in [-0.05, 0) is 61.7 Å². The van der Waals surface area contributed by atoms with Gasteiger partial charge in [-0.1, -0.05) is 29.3 Å². The SMILES string of the molecule is Cc1ccc2[nH]c(-c3ccccn3)c(CCCC(=O)Nc3ccc(Cl)cn3)c2c1. The highest BCUT2D eigenvalue weighted by Gasteiger charge is 2.15. The Bertz CT molecular complexity index is 1140. The van der Waals surface area contributed by atoms with Gasteiger partial charge in [0.05, 0.1) is 16.4 Å². The zero-order valence-electron chi connectivity index (χ0n) is 16.1. The van der Waals surface area contributed by atoms with E-state index < -0.39 is 0 Å². The number of anilines is 1. The number of carbonyl (C=O) groups excluding carboxylic acids is 1. The molecular formula is C23H21ClN4O. The number of benzene rings is 1. The van der Waals surface area contributed by atoms with E-state index in [0.717, 1.165) is 29.7 Å². The summed E-state index contributed by atoms with van der Waals surface area (Å²) >= 11 is 5.83. The van der Waals surface area contributed by atoms with Gasteiger partial charge in [-0.2, -0.15) is 0 Å². The van der Waals surface area contributed by atoms with Crippen molar-refractivity contribution in [1.82, 2.24) is 15.0 Å². The van der Waals surface area contributed by atoms with E-state index in [1.165, 1.54) is 22.7 Å². The molecule has 4 rings (SSSR count). The lowest BCUT2D eigenvalue weighted by Gasteiger charge is -2.06. The molecule has 0 bridgehead atoms. The maximum Gasteiger partial charge on any atom is 0.225 e. The molecule has 0 atom stereocenters. The summed E-state index contributed by atoms with van der Waals surface area (Å²) in [6.07, 6.45) is 5.22. The molecule has 0 unspecified atom stereocenters. The smallest absolute Gasteiger partial charge is 0.225 e. The van der Waals surface area contributed by atoms with E-state index in [0.29, 0.717) is 17.3 Å². The zero-order valence-corrected chi connectivity index (χ0v) is 16.8. The van der Waals surface area contributed by atoms with E-state index in [2.05, 4.69) is 45.4 Å². The van der Waals surface area contributed by atoms with Crippen molar-refractivity contribution in [2.45, 2.75) is 26.2 Å². The summed E-state index contributed by atoms with van der Waals surface area (Å²) in [6.45, 7) is 2.09. The van der Waals surface area contributed by atoms with Crippen LogP contribution in [0.3, 0.4) is 0 Å². The number of nitrogens with zero attached hydrogens (tertiary/aromatic N) is 2. The fourth-order valence-corrected chi connectivity index (χ4v) is 3.54. The third-order valence-corrected chi connectivity index (χ3v) is 5.03. The Morgan fingerprint density at radius 2 is 2.03 bits per heavy atom. The number of fused-ring (bicyclic) bond motifs is 1. The molecule has 1 aromatic carbocycles. The lowest BCUT2D eigenvalue weighted by Crippen LogP contribution is -2.12. The number of H-pyrrole nitrogens is 1. The van der Waals surface area contributed by atoms with Crippen LogP contribution in [-0.2, 0) is 11.2 Å². The summed E-state index contributed by atoms with van der Waals surface area (Å²) in [4.78, 5) is 24.4. The van der Waals surface area contributed by atoms with Crippen LogP contribution in [0.2, 0.25) is 5.02 Å². The quantitative estimate of drug-likeness (QED) is 0.442. The molecule has 3 heterocycles. The van der Waals surface area contributed by atoms with Gasteiger partial charge in [0.1, 0.15) is 5.82 Å². The van der Waals surface area contributed by atoms with Gasteiger partial charge in [-0.25, -0.2) is 4.98 Å². The number of aryl methyl sites for hydroxylation is 2. The molecule has 0 saturated heterocycles. The first-order valence-corrected chi connectivity index (χ1v) is 9.92. The molecule has 0 aliphatic rings. The standard InChI is InChI=1S/C23H21ClN4O/c1-15-8-10-19-18(13-15)17(23(27-19)20-6-2-3-12-25-20)5-4-7-22(29)28-21-11-9-16(24)14-26-21/h2-3,6,8-14,27H,4-5,7H2,1H3,(H,26,28,29). The number of pyridine rings is 2. The van der Waals surface area contributed by atoms with Gasteiger partial charge < -0.3 is 10.3 Å². The van der Waals surface area contributed by atoms with Crippen LogP contribution in [0.25, 0.3) is 22.3 Å². The first-order valence-electron chi connectivity index (χ1n) is 9.54. The lowest BCUT2D eigenvalue weighted by molar-refractivity contribution is -0.116. The Labute approximate surface area is 174 Å². The Hall–Kier alpha value is -3.18. The van der Waals surface area contributed by atoms with Crippen LogP contribution in [0.4, 0.5) is 5.82 Å². The van der Waals surface area contributed by atoms with Crippen LogP contribution < -0.4 is 5.32 Å². The maximum atomic E-state index is 12.3. The van der Waals surface area contributed by atoms with Crippen LogP contribution >= 0.6 is 11.6 Å². The number of aromatic amines is 1. The van der Waals surface area contributed by atoms with Crippen molar-refractivity contribution in [2.24, 2.45) is 0 Å². The number of hydrogen-bond acceptors (Lipinski definition) is 3. The molecule has 4 aromatic rings. The zero-order chi connectivity index (χ0) is 20.2. The molecule has 1 amide bonds. The van der Waals surface area contributed by atoms with E-state index in [9.17, 15) is 4.79 Å².